The minimum Gasteiger partial charge on any atom is -0.311 e. The highest BCUT2D eigenvalue weighted by Crippen LogP contribution is 2.30. The summed E-state index contributed by atoms with van der Waals surface area (Å²) in [4.78, 5) is -0.205. The van der Waals surface area contributed by atoms with E-state index < -0.39 is 27.3 Å². The summed E-state index contributed by atoms with van der Waals surface area (Å²) in [6, 6.07) is 8.86. The first-order valence-corrected chi connectivity index (χ1v) is 10.8. The van der Waals surface area contributed by atoms with Crippen LogP contribution in [0.1, 0.15) is 30.7 Å². The van der Waals surface area contributed by atoms with Crippen LogP contribution in [0.25, 0.3) is 11.4 Å². The van der Waals surface area contributed by atoms with Gasteiger partial charge in [-0.1, -0.05) is 12.5 Å². The maximum absolute atomic E-state index is 14.6. The Morgan fingerprint density at radius 1 is 1.07 bits per heavy atom. The minimum absolute atomic E-state index is 0.0412. The quantitative estimate of drug-likeness (QED) is 0.683. The van der Waals surface area contributed by atoms with Crippen molar-refractivity contribution < 1.29 is 17.2 Å². The van der Waals surface area contributed by atoms with Crippen molar-refractivity contribution in [3.05, 3.63) is 59.4 Å². The second-order valence-corrected chi connectivity index (χ2v) is 8.64. The van der Waals surface area contributed by atoms with E-state index in [2.05, 4.69) is 14.9 Å². The van der Waals surface area contributed by atoms with Crippen LogP contribution in [-0.4, -0.2) is 23.2 Å². The van der Waals surface area contributed by atoms with Gasteiger partial charge in [0, 0.05) is 19.0 Å². The zero-order valence-corrected chi connectivity index (χ0v) is 16.6. The number of aromatic nitrogens is 3. The average Bonchev–Trinajstić information content (AvgIpc) is 2.97. The fourth-order valence-corrected chi connectivity index (χ4v) is 4.52. The lowest BCUT2D eigenvalue weighted by molar-refractivity contribution is 0.581. The predicted octanol–water partition coefficient (Wildman–Crippen LogP) is 3.62. The number of rotatable bonds is 4. The molecule has 4 rings (SSSR count). The van der Waals surface area contributed by atoms with Gasteiger partial charge in [0.15, 0.2) is 5.82 Å². The first-order valence-electron chi connectivity index (χ1n) is 9.33. The number of fused-ring (bicyclic) bond motifs is 1. The van der Waals surface area contributed by atoms with E-state index in [-0.39, 0.29) is 21.8 Å². The van der Waals surface area contributed by atoms with Crippen LogP contribution in [0.4, 0.5) is 14.5 Å². The van der Waals surface area contributed by atoms with Gasteiger partial charge in [-0.05, 0) is 37.1 Å². The standard InChI is InChI=1S/C20H17F2N5O2S/c21-16-11-17(22)18(26-30(28,29)14-6-4-5-13(9-14)12-23)10-15(16)20-25-24-19-7-2-1-3-8-27(19)20/h4-6,9-11,26H,1-3,7-8H2. The largest absolute Gasteiger partial charge is 0.311 e. The van der Waals surface area contributed by atoms with Gasteiger partial charge in [0.2, 0.25) is 0 Å². The fourth-order valence-electron chi connectivity index (χ4n) is 3.42. The summed E-state index contributed by atoms with van der Waals surface area (Å²) in [6.45, 7) is 0.608. The third-order valence-electron chi connectivity index (χ3n) is 4.92. The molecule has 0 aliphatic carbocycles. The normalized spacial score (nSPS) is 13.9. The van der Waals surface area contributed by atoms with Crippen molar-refractivity contribution in [1.82, 2.24) is 14.8 Å². The Kier molecular flexibility index (Phi) is 5.22. The van der Waals surface area contributed by atoms with Crippen molar-refractivity contribution in [2.75, 3.05) is 4.72 Å². The van der Waals surface area contributed by atoms with Crippen LogP contribution < -0.4 is 4.72 Å². The second-order valence-electron chi connectivity index (χ2n) is 6.96. The molecule has 154 valence electrons. The van der Waals surface area contributed by atoms with Gasteiger partial charge in [0.1, 0.15) is 17.5 Å². The maximum atomic E-state index is 14.6. The molecule has 1 aromatic heterocycles. The number of anilines is 1. The van der Waals surface area contributed by atoms with Crippen LogP contribution in [0.3, 0.4) is 0 Å². The van der Waals surface area contributed by atoms with Crippen LogP contribution in [0, 0.1) is 23.0 Å². The molecule has 10 heteroatoms. The Balaban J connectivity index is 1.74. The maximum Gasteiger partial charge on any atom is 0.262 e. The average molecular weight is 429 g/mol. The van der Waals surface area contributed by atoms with Crippen molar-refractivity contribution in [2.45, 2.75) is 37.1 Å². The Bertz CT molecular complexity index is 1260. The van der Waals surface area contributed by atoms with Gasteiger partial charge >= 0.3 is 0 Å². The topological polar surface area (TPSA) is 101 Å². The Morgan fingerprint density at radius 2 is 1.90 bits per heavy atom. The Hall–Kier alpha value is -3.32. The molecule has 2 aromatic carbocycles. The van der Waals surface area contributed by atoms with Crippen molar-refractivity contribution >= 4 is 15.7 Å². The summed E-state index contributed by atoms with van der Waals surface area (Å²) < 4.78 is 58.3. The van der Waals surface area contributed by atoms with E-state index in [4.69, 9.17) is 5.26 Å². The molecule has 0 amide bonds. The van der Waals surface area contributed by atoms with E-state index in [0.717, 1.165) is 31.2 Å². The molecule has 1 aliphatic rings. The monoisotopic (exact) mass is 429 g/mol. The zero-order valence-electron chi connectivity index (χ0n) is 15.8. The van der Waals surface area contributed by atoms with Crippen LogP contribution in [-0.2, 0) is 23.0 Å². The molecule has 0 spiro atoms. The third-order valence-corrected chi connectivity index (χ3v) is 6.29. The predicted molar refractivity (Wildman–Crippen MR) is 105 cm³/mol. The van der Waals surface area contributed by atoms with Gasteiger partial charge in [-0.3, -0.25) is 4.72 Å². The summed E-state index contributed by atoms with van der Waals surface area (Å²) >= 11 is 0. The number of nitrogens with zero attached hydrogens (tertiary/aromatic N) is 4. The number of sulfonamides is 1. The lowest BCUT2D eigenvalue weighted by Crippen LogP contribution is -2.15. The molecule has 7 nitrogen and oxygen atoms in total. The molecule has 0 fully saturated rings. The van der Waals surface area contributed by atoms with Crippen LogP contribution in [0.2, 0.25) is 0 Å². The second kappa shape index (κ2) is 7.84. The lowest BCUT2D eigenvalue weighted by Gasteiger charge is -2.12. The number of nitrogens with one attached hydrogen (secondary N) is 1. The molecular formula is C20H17F2N5O2S. The summed E-state index contributed by atoms with van der Waals surface area (Å²) in [5, 5.41) is 17.1. The van der Waals surface area contributed by atoms with Gasteiger partial charge in [-0.25, -0.2) is 17.2 Å². The number of halogens is 2. The lowest BCUT2D eigenvalue weighted by atomic mass is 10.1. The number of benzene rings is 2. The van der Waals surface area contributed by atoms with Gasteiger partial charge in [0.25, 0.3) is 10.0 Å². The zero-order chi connectivity index (χ0) is 21.3. The van der Waals surface area contributed by atoms with Crippen molar-refractivity contribution in [3.8, 4) is 17.5 Å². The van der Waals surface area contributed by atoms with Gasteiger partial charge < -0.3 is 4.57 Å². The first-order chi connectivity index (χ1) is 14.4. The van der Waals surface area contributed by atoms with E-state index >= 15 is 0 Å². The molecule has 30 heavy (non-hydrogen) atoms. The van der Waals surface area contributed by atoms with E-state index in [0.29, 0.717) is 19.0 Å². The molecule has 3 aromatic rings. The molecule has 2 heterocycles. The summed E-state index contributed by atoms with van der Waals surface area (Å²) in [6.07, 6.45) is 3.57. The van der Waals surface area contributed by atoms with E-state index in [1.54, 1.807) is 4.57 Å². The van der Waals surface area contributed by atoms with Crippen molar-refractivity contribution in [1.29, 1.82) is 5.26 Å². The molecule has 1 N–H and O–H groups in total. The van der Waals surface area contributed by atoms with E-state index in [9.17, 15) is 17.2 Å². The van der Waals surface area contributed by atoms with Gasteiger partial charge in [0.05, 0.1) is 27.8 Å². The van der Waals surface area contributed by atoms with E-state index in [1.807, 2.05) is 6.07 Å². The van der Waals surface area contributed by atoms with Crippen molar-refractivity contribution in [2.24, 2.45) is 0 Å². The van der Waals surface area contributed by atoms with Crippen LogP contribution >= 0.6 is 0 Å². The molecule has 0 bridgehead atoms. The number of hydrogen-bond donors (Lipinski definition) is 1. The van der Waals surface area contributed by atoms with E-state index in [1.165, 1.54) is 24.3 Å². The van der Waals surface area contributed by atoms with Crippen LogP contribution in [0.5, 0.6) is 0 Å². The first kappa shape index (κ1) is 20.0. The third kappa shape index (κ3) is 3.76. The summed E-state index contributed by atoms with van der Waals surface area (Å²) in [5.41, 5.74) is -0.315. The summed E-state index contributed by atoms with van der Waals surface area (Å²) in [5.74, 6) is -0.966. The van der Waals surface area contributed by atoms with Crippen LogP contribution in [0.15, 0.2) is 41.3 Å². The van der Waals surface area contributed by atoms with Gasteiger partial charge in [-0.2, -0.15) is 5.26 Å². The molecule has 0 saturated carbocycles. The molecular weight excluding hydrogens is 412 g/mol. The molecule has 1 aliphatic heterocycles. The molecule has 0 saturated heterocycles. The van der Waals surface area contributed by atoms with Gasteiger partial charge in [-0.15, -0.1) is 10.2 Å². The smallest absolute Gasteiger partial charge is 0.262 e. The highest BCUT2D eigenvalue weighted by atomic mass is 32.2. The highest BCUT2D eigenvalue weighted by molar-refractivity contribution is 7.92. The molecule has 0 atom stereocenters. The SMILES string of the molecule is N#Cc1cccc(S(=O)(=O)Nc2cc(-c3nnc4n3CCCCC4)c(F)cc2F)c1. The fraction of sp³-hybridized carbons (Fsp3) is 0.250. The number of nitriles is 1. The number of aryl methyl sites for hydroxylation is 1. The Morgan fingerprint density at radius 3 is 2.70 bits per heavy atom. The Labute approximate surface area is 172 Å². The summed E-state index contributed by atoms with van der Waals surface area (Å²) in [7, 11) is -4.20. The molecule has 0 radical (unpaired) electrons. The van der Waals surface area contributed by atoms with Crippen molar-refractivity contribution in [3.63, 3.8) is 0 Å². The highest BCUT2D eigenvalue weighted by Gasteiger charge is 2.23. The minimum atomic E-state index is -4.20. The number of hydrogen-bond acceptors (Lipinski definition) is 5. The molecule has 0 unspecified atom stereocenters.